The Bertz CT molecular complexity index is 938. The van der Waals surface area contributed by atoms with Crippen molar-refractivity contribution in [1.29, 1.82) is 0 Å². The first-order valence-electron chi connectivity index (χ1n) is 12.2. The van der Waals surface area contributed by atoms with E-state index in [1.54, 1.807) is 14.2 Å². The summed E-state index contributed by atoms with van der Waals surface area (Å²) >= 11 is 0. The van der Waals surface area contributed by atoms with E-state index in [4.69, 9.17) is 23.9 Å². The Morgan fingerprint density at radius 2 is 1.91 bits per heavy atom. The quantitative estimate of drug-likeness (QED) is 0.566. The highest BCUT2D eigenvalue weighted by molar-refractivity contribution is 5.67. The van der Waals surface area contributed by atoms with Gasteiger partial charge in [0, 0.05) is 31.3 Å². The molecule has 2 aromatic rings. The van der Waals surface area contributed by atoms with Gasteiger partial charge in [-0.05, 0) is 54.6 Å². The fourth-order valence-corrected chi connectivity index (χ4v) is 5.61. The van der Waals surface area contributed by atoms with E-state index >= 15 is 0 Å². The minimum absolute atomic E-state index is 0.120. The summed E-state index contributed by atoms with van der Waals surface area (Å²) in [7, 11) is 3.31. The van der Waals surface area contributed by atoms with Crippen molar-refractivity contribution < 1.29 is 23.7 Å². The third kappa shape index (κ3) is 6.07. The van der Waals surface area contributed by atoms with Gasteiger partial charge in [0.25, 0.3) is 0 Å². The largest absolute Gasteiger partial charge is 0.481 e. The number of hydrogen-bond acceptors (Lipinski definition) is 6. The number of pyridine rings is 1. The molecule has 0 saturated heterocycles. The molecule has 0 spiro atoms. The van der Waals surface area contributed by atoms with Crippen molar-refractivity contribution in [1.82, 2.24) is 10.3 Å². The van der Waals surface area contributed by atoms with Crippen molar-refractivity contribution in [3.8, 4) is 5.88 Å². The highest BCUT2D eigenvalue weighted by Crippen LogP contribution is 2.45. The number of methoxy groups -OCH3 is 2. The van der Waals surface area contributed by atoms with Crippen LogP contribution in [-0.2, 0) is 27.2 Å². The fraction of sp³-hybridized carbons (Fsp3) is 0.556. The summed E-state index contributed by atoms with van der Waals surface area (Å²) in [4.78, 5) is 17.3. The number of aromatic nitrogens is 1. The SMILES string of the molecule is COCOC1C[C@H](C)C[C@H]2Cc3nc(OC)ccc3[C@@H](CNC(=O)OCc3ccccc3)C[C@@H]12. The lowest BCUT2D eigenvalue weighted by Gasteiger charge is -2.40. The molecule has 1 aromatic carbocycles. The Morgan fingerprint density at radius 3 is 2.68 bits per heavy atom. The summed E-state index contributed by atoms with van der Waals surface area (Å²) < 4.78 is 22.2. The molecule has 2 aliphatic rings. The van der Waals surface area contributed by atoms with Crippen molar-refractivity contribution in [2.24, 2.45) is 17.8 Å². The number of ether oxygens (including phenoxy) is 4. The van der Waals surface area contributed by atoms with Gasteiger partial charge in [-0.3, -0.25) is 0 Å². The van der Waals surface area contributed by atoms with Crippen molar-refractivity contribution in [2.75, 3.05) is 27.6 Å². The van der Waals surface area contributed by atoms with Gasteiger partial charge in [-0.1, -0.05) is 43.3 Å². The van der Waals surface area contributed by atoms with Gasteiger partial charge >= 0.3 is 6.09 Å². The third-order valence-corrected chi connectivity index (χ3v) is 7.17. The van der Waals surface area contributed by atoms with Crippen LogP contribution in [0, 0.1) is 17.8 Å². The molecule has 4 rings (SSSR count). The highest BCUT2D eigenvalue weighted by atomic mass is 16.7. The van der Waals surface area contributed by atoms with Crippen molar-refractivity contribution >= 4 is 6.09 Å². The number of benzene rings is 1. The summed E-state index contributed by atoms with van der Waals surface area (Å²) in [5.41, 5.74) is 3.21. The summed E-state index contributed by atoms with van der Waals surface area (Å²) in [5.74, 6) is 2.18. The molecule has 1 saturated carbocycles. The van der Waals surface area contributed by atoms with E-state index in [-0.39, 0.29) is 18.6 Å². The molecule has 1 fully saturated rings. The van der Waals surface area contributed by atoms with Crippen LogP contribution in [0.25, 0.3) is 0 Å². The molecule has 1 heterocycles. The first kappa shape index (κ1) is 24.5. The van der Waals surface area contributed by atoms with Crippen LogP contribution < -0.4 is 10.1 Å². The Labute approximate surface area is 202 Å². The van der Waals surface area contributed by atoms with E-state index in [9.17, 15) is 4.79 Å². The summed E-state index contributed by atoms with van der Waals surface area (Å²) in [6, 6.07) is 13.7. The van der Waals surface area contributed by atoms with Crippen LogP contribution in [-0.4, -0.2) is 44.7 Å². The van der Waals surface area contributed by atoms with E-state index in [0.717, 1.165) is 36.9 Å². The standard InChI is InChI=1S/C27H36N2O5/c1-18-11-20-14-24-22(9-10-26(29-24)32-3)21(13-23(20)25(12-18)34-17-31-2)15-28-27(30)33-16-19-7-5-4-6-8-19/h4-10,18,20-21,23,25H,11-17H2,1-3H3,(H,28,30)/t18-,20+,21-,23-,25?/m1/s1. The molecule has 7 heteroatoms. The number of carbonyl (C=O) groups is 1. The molecule has 1 unspecified atom stereocenters. The summed E-state index contributed by atoms with van der Waals surface area (Å²) in [5, 5.41) is 3.00. The zero-order valence-electron chi connectivity index (χ0n) is 20.4. The smallest absolute Gasteiger partial charge is 0.407 e. The van der Waals surface area contributed by atoms with Gasteiger partial charge in [0.05, 0.1) is 13.2 Å². The zero-order valence-corrected chi connectivity index (χ0v) is 20.4. The molecule has 0 bridgehead atoms. The Balaban J connectivity index is 1.49. The molecule has 2 aliphatic carbocycles. The maximum Gasteiger partial charge on any atom is 0.407 e. The second-order valence-corrected chi connectivity index (χ2v) is 9.58. The normalized spacial score (nSPS) is 26.0. The second kappa shape index (κ2) is 11.7. The average Bonchev–Trinajstić information content (AvgIpc) is 3.01. The first-order chi connectivity index (χ1) is 16.6. The lowest BCUT2D eigenvalue weighted by molar-refractivity contribution is -0.122. The van der Waals surface area contributed by atoms with E-state index in [0.29, 0.717) is 37.0 Å². The molecular formula is C27H36N2O5. The van der Waals surface area contributed by atoms with Gasteiger partial charge in [0.1, 0.15) is 13.4 Å². The maximum atomic E-state index is 12.5. The molecule has 1 aromatic heterocycles. The molecular weight excluding hydrogens is 432 g/mol. The fourth-order valence-electron chi connectivity index (χ4n) is 5.61. The van der Waals surface area contributed by atoms with Crippen molar-refractivity contribution in [3.05, 3.63) is 59.3 Å². The third-order valence-electron chi connectivity index (χ3n) is 7.17. The predicted octanol–water partition coefficient (Wildman–Crippen LogP) is 4.70. The number of hydrogen-bond donors (Lipinski definition) is 1. The number of amides is 1. The molecule has 1 N–H and O–H groups in total. The van der Waals surface area contributed by atoms with Gasteiger partial charge in [-0.15, -0.1) is 0 Å². The topological polar surface area (TPSA) is 78.9 Å². The predicted molar refractivity (Wildman–Crippen MR) is 129 cm³/mol. The number of fused-ring (bicyclic) bond motifs is 2. The summed E-state index contributed by atoms with van der Waals surface area (Å²) in [6.45, 7) is 3.34. The van der Waals surface area contributed by atoms with Crippen LogP contribution >= 0.6 is 0 Å². The molecule has 7 nitrogen and oxygen atoms in total. The van der Waals surface area contributed by atoms with E-state index in [2.05, 4.69) is 18.3 Å². The molecule has 184 valence electrons. The van der Waals surface area contributed by atoms with Crippen LogP contribution in [0.5, 0.6) is 5.88 Å². The Hall–Kier alpha value is -2.64. The van der Waals surface area contributed by atoms with Gasteiger partial charge < -0.3 is 24.3 Å². The monoisotopic (exact) mass is 468 g/mol. The molecule has 0 radical (unpaired) electrons. The summed E-state index contributed by atoms with van der Waals surface area (Å²) in [6.07, 6.45) is 3.72. The zero-order chi connectivity index (χ0) is 23.9. The van der Waals surface area contributed by atoms with Crippen molar-refractivity contribution in [3.63, 3.8) is 0 Å². The average molecular weight is 469 g/mol. The Kier molecular flexibility index (Phi) is 8.40. The molecule has 0 aliphatic heterocycles. The number of carbonyl (C=O) groups excluding carboxylic acids is 1. The van der Waals surface area contributed by atoms with Crippen LogP contribution in [0.4, 0.5) is 4.79 Å². The molecule has 34 heavy (non-hydrogen) atoms. The number of alkyl carbamates (subject to hydrolysis) is 1. The van der Waals surface area contributed by atoms with Crippen LogP contribution in [0.15, 0.2) is 42.5 Å². The number of nitrogens with zero attached hydrogens (tertiary/aromatic N) is 1. The van der Waals surface area contributed by atoms with Crippen LogP contribution in [0.3, 0.4) is 0 Å². The minimum Gasteiger partial charge on any atom is -0.481 e. The lowest BCUT2D eigenvalue weighted by Crippen LogP contribution is -2.39. The highest BCUT2D eigenvalue weighted by Gasteiger charge is 2.41. The van der Waals surface area contributed by atoms with Gasteiger partial charge in [-0.2, -0.15) is 0 Å². The van der Waals surface area contributed by atoms with E-state index in [1.807, 2.05) is 36.4 Å². The molecule has 5 atom stereocenters. The van der Waals surface area contributed by atoms with E-state index < -0.39 is 6.09 Å². The first-order valence-corrected chi connectivity index (χ1v) is 12.2. The van der Waals surface area contributed by atoms with Gasteiger partial charge in [0.2, 0.25) is 5.88 Å². The lowest BCUT2D eigenvalue weighted by atomic mass is 9.69. The van der Waals surface area contributed by atoms with Crippen LogP contribution in [0.1, 0.15) is 48.9 Å². The van der Waals surface area contributed by atoms with E-state index in [1.165, 1.54) is 5.56 Å². The van der Waals surface area contributed by atoms with Crippen LogP contribution in [0.2, 0.25) is 0 Å². The Morgan fingerprint density at radius 1 is 1.09 bits per heavy atom. The number of rotatable bonds is 8. The second-order valence-electron chi connectivity index (χ2n) is 9.58. The van der Waals surface area contributed by atoms with Gasteiger partial charge in [0.15, 0.2) is 0 Å². The maximum absolute atomic E-state index is 12.5. The number of nitrogens with one attached hydrogen (secondary N) is 1. The van der Waals surface area contributed by atoms with Crippen molar-refractivity contribution in [2.45, 2.75) is 51.2 Å². The van der Waals surface area contributed by atoms with Gasteiger partial charge in [-0.25, -0.2) is 9.78 Å². The minimum atomic E-state index is -0.405. The molecule has 1 amide bonds.